The SMILES string of the molecule is CSCCC(NC(=O)OC(C)(C)C)C(=O)Oc1cc(O)c2c(=O)c3ccc(Cl)cc3oc2c1. The topological polar surface area (TPSA) is 115 Å². The molecule has 2 N–H and O–H groups in total. The summed E-state index contributed by atoms with van der Waals surface area (Å²) < 4.78 is 16.4. The summed E-state index contributed by atoms with van der Waals surface area (Å²) in [4.78, 5) is 37.7. The highest BCUT2D eigenvalue weighted by Crippen LogP contribution is 2.31. The Kier molecular flexibility index (Phi) is 7.44. The number of nitrogens with one attached hydrogen (secondary N) is 1. The summed E-state index contributed by atoms with van der Waals surface area (Å²) in [6.07, 6.45) is 1.42. The van der Waals surface area contributed by atoms with Crippen LogP contribution in [0, 0.1) is 0 Å². The summed E-state index contributed by atoms with van der Waals surface area (Å²) in [6.45, 7) is 5.14. The van der Waals surface area contributed by atoms with Gasteiger partial charge in [-0.1, -0.05) is 11.6 Å². The molecular formula is C23H24ClNO7S. The Hall–Kier alpha value is -2.91. The fraction of sp³-hybridized carbons (Fsp3) is 0.348. The minimum Gasteiger partial charge on any atom is -0.507 e. The first-order chi connectivity index (χ1) is 15.5. The average Bonchev–Trinajstić information content (AvgIpc) is 2.69. The quantitative estimate of drug-likeness (QED) is 0.284. The van der Waals surface area contributed by atoms with Gasteiger partial charge in [0.05, 0.1) is 5.39 Å². The van der Waals surface area contributed by atoms with Gasteiger partial charge in [0, 0.05) is 23.2 Å². The molecule has 176 valence electrons. The lowest BCUT2D eigenvalue weighted by molar-refractivity contribution is -0.136. The van der Waals surface area contributed by atoms with Crippen molar-refractivity contribution in [2.24, 2.45) is 0 Å². The monoisotopic (exact) mass is 493 g/mol. The van der Waals surface area contributed by atoms with Crippen LogP contribution in [0.4, 0.5) is 4.79 Å². The molecule has 3 aromatic rings. The fourth-order valence-corrected chi connectivity index (χ4v) is 3.72. The minimum absolute atomic E-state index is 0.0262. The normalized spacial score (nSPS) is 12.5. The highest BCUT2D eigenvalue weighted by Gasteiger charge is 2.26. The molecule has 33 heavy (non-hydrogen) atoms. The Morgan fingerprint density at radius 2 is 1.94 bits per heavy atom. The molecule has 2 aromatic carbocycles. The van der Waals surface area contributed by atoms with E-state index in [-0.39, 0.29) is 27.7 Å². The number of benzene rings is 2. The smallest absolute Gasteiger partial charge is 0.408 e. The van der Waals surface area contributed by atoms with E-state index in [1.165, 1.54) is 30.0 Å². The van der Waals surface area contributed by atoms with Crippen LogP contribution >= 0.6 is 23.4 Å². The van der Waals surface area contributed by atoms with Crippen LogP contribution < -0.4 is 15.5 Å². The van der Waals surface area contributed by atoms with Crippen LogP contribution in [0.15, 0.2) is 39.5 Å². The van der Waals surface area contributed by atoms with E-state index in [0.717, 1.165) is 6.07 Å². The number of phenols is 1. The van der Waals surface area contributed by atoms with Crippen LogP contribution in [-0.2, 0) is 9.53 Å². The Labute approximate surface area is 199 Å². The molecule has 0 saturated carbocycles. The maximum absolute atomic E-state index is 12.8. The number of carbonyl (C=O) groups excluding carboxylic acids is 2. The average molecular weight is 494 g/mol. The number of aromatic hydroxyl groups is 1. The number of alkyl carbamates (subject to hydrolysis) is 1. The Balaban J connectivity index is 1.91. The van der Waals surface area contributed by atoms with Gasteiger partial charge in [-0.3, -0.25) is 4.79 Å². The Morgan fingerprint density at radius 3 is 2.61 bits per heavy atom. The van der Waals surface area contributed by atoms with Gasteiger partial charge in [-0.25, -0.2) is 9.59 Å². The maximum Gasteiger partial charge on any atom is 0.408 e. The molecule has 0 spiro atoms. The molecule has 0 saturated heterocycles. The Morgan fingerprint density at radius 1 is 1.21 bits per heavy atom. The number of phenolic OH excluding ortho intramolecular Hbond substituents is 1. The van der Waals surface area contributed by atoms with Gasteiger partial charge in [-0.2, -0.15) is 11.8 Å². The summed E-state index contributed by atoms with van der Waals surface area (Å²) in [7, 11) is 0. The van der Waals surface area contributed by atoms with Crippen molar-refractivity contribution in [1.29, 1.82) is 0 Å². The summed E-state index contributed by atoms with van der Waals surface area (Å²) in [5, 5.41) is 13.5. The lowest BCUT2D eigenvalue weighted by atomic mass is 10.1. The third-order valence-electron chi connectivity index (χ3n) is 4.49. The summed E-state index contributed by atoms with van der Waals surface area (Å²) in [5.41, 5.74) is -0.917. The molecule has 1 unspecified atom stereocenters. The van der Waals surface area contributed by atoms with Crippen LogP contribution in [0.1, 0.15) is 27.2 Å². The largest absolute Gasteiger partial charge is 0.507 e. The number of thioether (sulfide) groups is 1. The zero-order chi connectivity index (χ0) is 24.3. The third kappa shape index (κ3) is 6.11. The molecule has 0 radical (unpaired) electrons. The zero-order valence-electron chi connectivity index (χ0n) is 18.6. The number of esters is 1. The van der Waals surface area contributed by atoms with E-state index in [1.54, 1.807) is 26.8 Å². The van der Waals surface area contributed by atoms with Crippen LogP contribution in [0.3, 0.4) is 0 Å². The molecule has 0 aliphatic carbocycles. The lowest BCUT2D eigenvalue weighted by Gasteiger charge is -2.22. The fourth-order valence-electron chi connectivity index (χ4n) is 3.09. The van der Waals surface area contributed by atoms with Crippen LogP contribution in [-0.4, -0.2) is 40.8 Å². The van der Waals surface area contributed by atoms with Crippen molar-refractivity contribution in [3.63, 3.8) is 0 Å². The van der Waals surface area contributed by atoms with E-state index in [2.05, 4.69) is 5.32 Å². The lowest BCUT2D eigenvalue weighted by Crippen LogP contribution is -2.45. The van der Waals surface area contributed by atoms with E-state index in [1.807, 2.05) is 6.26 Å². The molecule has 1 aromatic heterocycles. The minimum atomic E-state index is -0.979. The molecule has 0 aliphatic heterocycles. The van der Waals surface area contributed by atoms with Gasteiger partial charge in [0.25, 0.3) is 0 Å². The summed E-state index contributed by atoms with van der Waals surface area (Å²) in [6, 6.07) is 6.04. The maximum atomic E-state index is 12.8. The third-order valence-corrected chi connectivity index (χ3v) is 5.37. The van der Waals surface area contributed by atoms with E-state index in [4.69, 9.17) is 25.5 Å². The molecule has 0 fully saturated rings. The van der Waals surface area contributed by atoms with Crippen molar-refractivity contribution < 1.29 is 28.6 Å². The summed E-state index contributed by atoms with van der Waals surface area (Å²) >= 11 is 7.49. The number of hydrogen-bond acceptors (Lipinski definition) is 8. The highest BCUT2D eigenvalue weighted by atomic mass is 35.5. The number of carbonyl (C=O) groups is 2. The van der Waals surface area contributed by atoms with Crippen molar-refractivity contribution in [2.75, 3.05) is 12.0 Å². The van der Waals surface area contributed by atoms with Gasteiger partial charge in [0.2, 0.25) is 5.43 Å². The first kappa shape index (κ1) is 24.7. The number of hydrogen-bond donors (Lipinski definition) is 2. The predicted molar refractivity (Wildman–Crippen MR) is 128 cm³/mol. The van der Waals surface area contributed by atoms with Crippen molar-refractivity contribution in [2.45, 2.75) is 38.8 Å². The molecular weight excluding hydrogens is 470 g/mol. The molecule has 10 heteroatoms. The predicted octanol–water partition coefficient (Wildman–Crippen LogP) is 4.86. The van der Waals surface area contributed by atoms with Gasteiger partial charge in [0.1, 0.15) is 39.7 Å². The molecule has 0 aliphatic rings. The molecule has 1 atom stereocenters. The second-order valence-corrected chi connectivity index (χ2v) is 9.71. The molecule has 3 rings (SSSR count). The Bertz CT molecular complexity index is 1270. The molecule has 8 nitrogen and oxygen atoms in total. The molecule has 1 heterocycles. The number of fused-ring (bicyclic) bond motifs is 2. The van der Waals surface area contributed by atoms with Crippen molar-refractivity contribution >= 4 is 57.4 Å². The van der Waals surface area contributed by atoms with Crippen LogP contribution in [0.25, 0.3) is 21.9 Å². The van der Waals surface area contributed by atoms with Gasteiger partial charge in [-0.15, -0.1) is 0 Å². The number of amides is 1. The van der Waals surface area contributed by atoms with Crippen LogP contribution in [0.2, 0.25) is 5.02 Å². The number of halogens is 1. The van der Waals surface area contributed by atoms with E-state index < -0.39 is 34.9 Å². The highest BCUT2D eigenvalue weighted by molar-refractivity contribution is 7.98. The first-order valence-electron chi connectivity index (χ1n) is 10.1. The summed E-state index contributed by atoms with van der Waals surface area (Å²) in [5.74, 6) is -0.614. The van der Waals surface area contributed by atoms with Gasteiger partial charge < -0.3 is 24.3 Å². The standard InChI is InChI=1S/C23H24ClNO7S/c1-23(2,3)32-22(29)25-15(7-8-33-4)21(28)30-13-10-16(26)19-18(11-13)31-17-9-12(24)5-6-14(17)20(19)27/h5-6,9-11,15,26H,7-8H2,1-4H3,(H,25,29). The van der Waals surface area contributed by atoms with Gasteiger partial charge >= 0.3 is 12.1 Å². The number of rotatable bonds is 6. The van der Waals surface area contributed by atoms with Crippen LogP contribution in [0.5, 0.6) is 11.5 Å². The van der Waals surface area contributed by atoms with E-state index >= 15 is 0 Å². The zero-order valence-corrected chi connectivity index (χ0v) is 20.1. The first-order valence-corrected chi connectivity index (χ1v) is 11.8. The van der Waals surface area contributed by atoms with Gasteiger partial charge in [-0.05, 0) is 51.3 Å². The van der Waals surface area contributed by atoms with Crippen molar-refractivity contribution in [3.05, 3.63) is 45.6 Å². The second-order valence-electron chi connectivity index (χ2n) is 8.29. The van der Waals surface area contributed by atoms with Crippen molar-refractivity contribution in [3.8, 4) is 11.5 Å². The molecule has 1 amide bonds. The van der Waals surface area contributed by atoms with Gasteiger partial charge in [0.15, 0.2) is 0 Å². The van der Waals surface area contributed by atoms with E-state index in [0.29, 0.717) is 17.2 Å². The molecule has 0 bridgehead atoms. The number of ether oxygens (including phenoxy) is 2. The van der Waals surface area contributed by atoms with E-state index in [9.17, 15) is 19.5 Å². The second kappa shape index (κ2) is 9.93. The van der Waals surface area contributed by atoms with Crippen molar-refractivity contribution in [1.82, 2.24) is 5.32 Å².